The van der Waals surface area contributed by atoms with Gasteiger partial charge in [-0.2, -0.15) is 0 Å². The average Bonchev–Trinajstić information content (AvgIpc) is 3.29. The van der Waals surface area contributed by atoms with Crippen molar-refractivity contribution < 1.29 is 9.59 Å². The van der Waals surface area contributed by atoms with Gasteiger partial charge in [-0.15, -0.1) is 0 Å². The Morgan fingerprint density at radius 1 is 0.914 bits per heavy atom. The number of carbonyl (C=O) groups is 2. The highest BCUT2D eigenvalue weighted by Crippen LogP contribution is 2.48. The lowest BCUT2D eigenvalue weighted by molar-refractivity contribution is -0.166. The van der Waals surface area contributed by atoms with E-state index in [4.69, 9.17) is 0 Å². The average molecular weight is 464 g/mol. The van der Waals surface area contributed by atoms with E-state index in [1.165, 1.54) is 11.1 Å². The number of nitrogens with zero attached hydrogens (tertiary/aromatic N) is 2. The summed E-state index contributed by atoms with van der Waals surface area (Å²) in [5.74, 6) is -0.0476. The Hall–Kier alpha value is -3.86. The number of aromatic amines is 1. The normalized spacial score (nSPS) is 21.8. The molecule has 0 bridgehead atoms. The fraction of sp³-hybridized carbons (Fsp3) is 0.267. The number of hydrogen-bond acceptors (Lipinski definition) is 2. The molecule has 1 N–H and O–H groups in total. The van der Waals surface area contributed by atoms with Gasteiger partial charge in [0.1, 0.15) is 6.54 Å². The SMILES string of the molecule is CCc1ccc([C@H]2CN3C(=O)CN(Cc4ccccc4)C(=O)[C@]3(C)c3[nH]c4ccccc4c32)cc1. The molecule has 3 aromatic carbocycles. The molecule has 2 amide bonds. The Kier molecular flexibility index (Phi) is 5.03. The van der Waals surface area contributed by atoms with Gasteiger partial charge in [0.25, 0.3) is 5.91 Å². The second-order valence-electron chi connectivity index (χ2n) is 9.83. The van der Waals surface area contributed by atoms with E-state index in [9.17, 15) is 9.59 Å². The molecule has 2 aliphatic heterocycles. The molecular weight excluding hydrogens is 434 g/mol. The van der Waals surface area contributed by atoms with Crippen LogP contribution < -0.4 is 0 Å². The molecule has 2 atom stereocenters. The first kappa shape index (κ1) is 21.7. The number of aryl methyl sites for hydroxylation is 1. The third kappa shape index (κ3) is 3.29. The van der Waals surface area contributed by atoms with Crippen molar-refractivity contribution in [1.29, 1.82) is 0 Å². The molecule has 35 heavy (non-hydrogen) atoms. The van der Waals surface area contributed by atoms with Gasteiger partial charge in [0, 0.05) is 29.9 Å². The van der Waals surface area contributed by atoms with Crippen LogP contribution in [0.4, 0.5) is 0 Å². The van der Waals surface area contributed by atoms with Gasteiger partial charge in [-0.1, -0.05) is 79.7 Å². The Balaban J connectivity index is 1.50. The van der Waals surface area contributed by atoms with Crippen molar-refractivity contribution in [3.63, 3.8) is 0 Å². The van der Waals surface area contributed by atoms with Crippen LogP contribution in [0.1, 0.15) is 47.7 Å². The van der Waals surface area contributed by atoms with Gasteiger partial charge in [0.2, 0.25) is 5.91 Å². The summed E-state index contributed by atoms with van der Waals surface area (Å²) in [5, 5.41) is 1.12. The second-order valence-corrected chi connectivity index (χ2v) is 9.83. The van der Waals surface area contributed by atoms with Gasteiger partial charge in [-0.05, 0) is 41.7 Å². The Morgan fingerprint density at radius 2 is 1.63 bits per heavy atom. The molecule has 1 fully saturated rings. The summed E-state index contributed by atoms with van der Waals surface area (Å²) < 4.78 is 0. The minimum atomic E-state index is -1.07. The van der Waals surface area contributed by atoms with Crippen molar-refractivity contribution in [1.82, 2.24) is 14.8 Å². The first-order valence-corrected chi connectivity index (χ1v) is 12.3. The van der Waals surface area contributed by atoms with Crippen LogP contribution in [0.15, 0.2) is 78.9 Å². The summed E-state index contributed by atoms with van der Waals surface area (Å²) in [4.78, 5) is 34.8. The predicted octanol–water partition coefficient (Wildman–Crippen LogP) is 4.96. The molecule has 0 radical (unpaired) electrons. The number of rotatable bonds is 4. The number of piperazine rings is 1. The van der Waals surface area contributed by atoms with Crippen molar-refractivity contribution in [3.8, 4) is 0 Å². The van der Waals surface area contributed by atoms with Gasteiger partial charge in [-0.25, -0.2) is 0 Å². The van der Waals surface area contributed by atoms with E-state index >= 15 is 0 Å². The van der Waals surface area contributed by atoms with Crippen molar-refractivity contribution in [3.05, 3.63) is 107 Å². The highest BCUT2D eigenvalue weighted by atomic mass is 16.2. The molecular formula is C30H29N3O2. The maximum absolute atomic E-state index is 14.1. The van der Waals surface area contributed by atoms with Crippen molar-refractivity contribution in [2.75, 3.05) is 13.1 Å². The van der Waals surface area contributed by atoms with Gasteiger partial charge >= 0.3 is 0 Å². The van der Waals surface area contributed by atoms with Crippen LogP contribution in [0.25, 0.3) is 10.9 Å². The fourth-order valence-corrected chi connectivity index (χ4v) is 5.89. The van der Waals surface area contributed by atoms with E-state index in [0.29, 0.717) is 13.1 Å². The summed E-state index contributed by atoms with van der Waals surface area (Å²) in [7, 11) is 0. The van der Waals surface area contributed by atoms with Crippen LogP contribution in [0.5, 0.6) is 0 Å². The van der Waals surface area contributed by atoms with E-state index < -0.39 is 5.54 Å². The number of para-hydroxylation sites is 1. The van der Waals surface area contributed by atoms with Gasteiger partial charge in [0.05, 0.1) is 5.69 Å². The van der Waals surface area contributed by atoms with Gasteiger partial charge in [0.15, 0.2) is 5.54 Å². The summed E-state index contributed by atoms with van der Waals surface area (Å²) in [6.07, 6.45) is 0.984. The molecule has 0 saturated carbocycles. The van der Waals surface area contributed by atoms with Crippen LogP contribution >= 0.6 is 0 Å². The smallest absolute Gasteiger partial charge is 0.255 e. The van der Waals surface area contributed by atoms with E-state index in [1.54, 1.807) is 4.90 Å². The van der Waals surface area contributed by atoms with Gasteiger partial charge < -0.3 is 14.8 Å². The fourth-order valence-electron chi connectivity index (χ4n) is 5.89. The molecule has 3 heterocycles. The molecule has 1 aromatic heterocycles. The summed E-state index contributed by atoms with van der Waals surface area (Å²) in [5.41, 5.74) is 5.37. The van der Waals surface area contributed by atoms with Crippen LogP contribution in [0.2, 0.25) is 0 Å². The van der Waals surface area contributed by atoms with E-state index in [1.807, 2.05) is 54.3 Å². The summed E-state index contributed by atoms with van der Waals surface area (Å²) >= 11 is 0. The molecule has 0 spiro atoms. The number of amides is 2. The van der Waals surface area contributed by atoms with E-state index in [-0.39, 0.29) is 24.3 Å². The summed E-state index contributed by atoms with van der Waals surface area (Å²) in [6.45, 7) is 5.07. The van der Waals surface area contributed by atoms with Crippen molar-refractivity contribution >= 4 is 22.7 Å². The zero-order valence-electron chi connectivity index (χ0n) is 20.1. The standard InChI is InChI=1S/C30H29N3O2/c1-3-20-13-15-22(16-14-20)24-18-33-26(34)19-32(17-21-9-5-4-6-10-21)29(35)30(33,2)28-27(24)23-11-7-8-12-25(23)31-28/h4-16,24,31H,3,17-19H2,1-2H3/t24-,30+/m1/s1. The molecule has 1 saturated heterocycles. The topological polar surface area (TPSA) is 56.4 Å². The molecule has 6 rings (SSSR count). The Morgan fingerprint density at radius 3 is 2.37 bits per heavy atom. The van der Waals surface area contributed by atoms with Crippen molar-refractivity contribution in [2.45, 2.75) is 38.3 Å². The van der Waals surface area contributed by atoms with Crippen LogP contribution in [-0.4, -0.2) is 39.7 Å². The number of fused-ring (bicyclic) bond motifs is 5. The lowest BCUT2D eigenvalue weighted by Crippen LogP contribution is -2.67. The number of carbonyl (C=O) groups excluding carboxylic acids is 2. The summed E-state index contributed by atoms with van der Waals surface area (Å²) in [6, 6.07) is 26.8. The zero-order valence-corrected chi connectivity index (χ0v) is 20.1. The quantitative estimate of drug-likeness (QED) is 0.465. The number of aromatic nitrogens is 1. The first-order chi connectivity index (χ1) is 17.0. The zero-order chi connectivity index (χ0) is 24.2. The number of H-pyrrole nitrogens is 1. The molecule has 176 valence electrons. The largest absolute Gasteiger partial charge is 0.356 e. The maximum atomic E-state index is 14.1. The molecule has 4 aromatic rings. The number of hydrogen-bond donors (Lipinski definition) is 1. The van der Waals surface area contributed by atoms with Crippen LogP contribution in [-0.2, 0) is 28.1 Å². The first-order valence-electron chi connectivity index (χ1n) is 12.3. The maximum Gasteiger partial charge on any atom is 0.255 e. The highest BCUT2D eigenvalue weighted by Gasteiger charge is 2.56. The van der Waals surface area contributed by atoms with Crippen LogP contribution in [0, 0.1) is 0 Å². The van der Waals surface area contributed by atoms with Gasteiger partial charge in [-0.3, -0.25) is 9.59 Å². The van der Waals surface area contributed by atoms with Crippen LogP contribution in [0.3, 0.4) is 0 Å². The minimum absolute atomic E-state index is 0.00226. The Labute approximate surface area is 205 Å². The molecule has 0 unspecified atom stereocenters. The lowest BCUT2D eigenvalue weighted by atomic mass is 9.76. The molecule has 5 nitrogen and oxygen atoms in total. The number of nitrogens with one attached hydrogen (secondary N) is 1. The van der Waals surface area contributed by atoms with E-state index in [0.717, 1.165) is 34.1 Å². The number of benzene rings is 3. The lowest BCUT2D eigenvalue weighted by Gasteiger charge is -2.51. The second kappa shape index (κ2) is 8.12. The monoisotopic (exact) mass is 463 g/mol. The third-order valence-electron chi connectivity index (χ3n) is 7.82. The Bertz CT molecular complexity index is 1420. The highest BCUT2D eigenvalue weighted by molar-refractivity contribution is 6.01. The minimum Gasteiger partial charge on any atom is -0.356 e. The third-order valence-corrected chi connectivity index (χ3v) is 7.82. The molecule has 0 aliphatic carbocycles. The molecule has 5 heteroatoms. The predicted molar refractivity (Wildman–Crippen MR) is 137 cm³/mol. The van der Waals surface area contributed by atoms with Crippen molar-refractivity contribution in [2.24, 2.45) is 0 Å². The molecule has 2 aliphatic rings. The van der Waals surface area contributed by atoms with E-state index in [2.05, 4.69) is 48.3 Å².